The molecule has 9 heteroatoms. The molecular formula is C19H24Cl2N2O5. The second-order valence-corrected chi connectivity index (χ2v) is 6.81. The Labute approximate surface area is 174 Å². The van der Waals surface area contributed by atoms with Crippen LogP contribution in [0.25, 0.3) is 5.57 Å². The predicted molar refractivity (Wildman–Crippen MR) is 109 cm³/mol. The Morgan fingerprint density at radius 3 is 2.25 bits per heavy atom. The van der Waals surface area contributed by atoms with E-state index < -0.39 is 18.0 Å². The largest absolute Gasteiger partial charge is 0.478 e. The van der Waals surface area contributed by atoms with Crippen molar-refractivity contribution in [3.05, 3.63) is 39.4 Å². The molecule has 0 aliphatic rings. The predicted octanol–water partition coefficient (Wildman–Crippen LogP) is 3.57. The molecule has 0 aliphatic carbocycles. The number of carboxylic acid groups (broad SMARTS) is 1. The minimum Gasteiger partial charge on any atom is -0.478 e. The van der Waals surface area contributed by atoms with E-state index in [0.717, 1.165) is 6.08 Å². The number of amides is 2. The molecule has 0 bridgehead atoms. The van der Waals surface area contributed by atoms with E-state index in [-0.39, 0.29) is 29.2 Å². The molecule has 0 fully saturated rings. The van der Waals surface area contributed by atoms with Gasteiger partial charge in [-0.25, -0.2) is 9.59 Å². The summed E-state index contributed by atoms with van der Waals surface area (Å²) < 4.78 is 5.24. The summed E-state index contributed by atoms with van der Waals surface area (Å²) in [6.45, 7) is 4.79. The number of carbonyl (C=O) groups excluding carboxylic acids is 2. The third kappa shape index (κ3) is 6.14. The first-order valence-corrected chi connectivity index (χ1v) is 9.44. The molecule has 1 N–H and O–H groups in total. The molecule has 154 valence electrons. The molecule has 0 saturated carbocycles. The van der Waals surface area contributed by atoms with Crippen molar-refractivity contribution in [1.29, 1.82) is 0 Å². The van der Waals surface area contributed by atoms with Crippen LogP contribution in [0.3, 0.4) is 0 Å². The van der Waals surface area contributed by atoms with Crippen molar-refractivity contribution < 1.29 is 24.2 Å². The smallest absolute Gasteiger partial charge is 0.409 e. The molecule has 0 spiro atoms. The molecule has 0 heterocycles. The van der Waals surface area contributed by atoms with Crippen molar-refractivity contribution >= 4 is 46.7 Å². The normalized spacial score (nSPS) is 11.1. The number of halogens is 2. The zero-order valence-electron chi connectivity index (χ0n) is 16.3. The van der Waals surface area contributed by atoms with Gasteiger partial charge >= 0.3 is 12.1 Å². The number of benzene rings is 1. The van der Waals surface area contributed by atoms with E-state index in [9.17, 15) is 14.4 Å². The number of likely N-dealkylation sites (N-methyl/N-ethyl adjacent to an activating group) is 1. The first kappa shape index (κ1) is 23.8. The first-order valence-electron chi connectivity index (χ1n) is 8.69. The first-order chi connectivity index (χ1) is 13.1. The zero-order valence-corrected chi connectivity index (χ0v) is 17.8. The summed E-state index contributed by atoms with van der Waals surface area (Å²) in [6.07, 6.45) is 0.582. The summed E-state index contributed by atoms with van der Waals surface area (Å²) >= 11 is 12.7. The maximum absolute atomic E-state index is 12.4. The fourth-order valence-corrected chi connectivity index (χ4v) is 3.13. The Bertz CT molecular complexity index is 774. The number of nitrogens with zero attached hydrogens (tertiary/aromatic N) is 2. The highest BCUT2D eigenvalue weighted by molar-refractivity contribution is 6.39. The fraction of sp³-hybridized carbons (Fsp3) is 0.421. The van der Waals surface area contributed by atoms with Gasteiger partial charge in [0, 0.05) is 50.3 Å². The fourth-order valence-electron chi connectivity index (χ4n) is 2.47. The van der Waals surface area contributed by atoms with Gasteiger partial charge in [-0.05, 0) is 25.5 Å². The monoisotopic (exact) mass is 430 g/mol. The summed E-state index contributed by atoms with van der Waals surface area (Å²) in [5.41, 5.74) is 0.647. The molecule has 0 aliphatic heterocycles. The molecule has 7 nitrogen and oxygen atoms in total. The number of hydrogen-bond donors (Lipinski definition) is 1. The van der Waals surface area contributed by atoms with E-state index in [1.54, 1.807) is 0 Å². The quantitative estimate of drug-likeness (QED) is 0.636. The molecule has 0 saturated heterocycles. The lowest BCUT2D eigenvalue weighted by atomic mass is 10.00. The number of rotatable bonds is 8. The third-order valence-electron chi connectivity index (χ3n) is 3.98. The molecule has 1 rings (SSSR count). The molecule has 0 radical (unpaired) electrons. The van der Waals surface area contributed by atoms with Gasteiger partial charge in [0.05, 0.1) is 17.2 Å². The summed E-state index contributed by atoms with van der Waals surface area (Å²) in [5, 5.41) is 9.59. The highest BCUT2D eigenvalue weighted by Gasteiger charge is 2.21. The van der Waals surface area contributed by atoms with Crippen molar-refractivity contribution in [2.24, 2.45) is 0 Å². The lowest BCUT2D eigenvalue weighted by Crippen LogP contribution is -2.31. The Morgan fingerprint density at radius 1 is 1.14 bits per heavy atom. The van der Waals surface area contributed by atoms with Gasteiger partial charge in [-0.3, -0.25) is 4.79 Å². The topological polar surface area (TPSA) is 87.1 Å². The molecule has 0 aromatic heterocycles. The number of ether oxygens (including phenoxy) is 1. The lowest BCUT2D eigenvalue weighted by Gasteiger charge is -2.19. The van der Waals surface area contributed by atoms with Gasteiger partial charge in [0.1, 0.15) is 0 Å². The maximum atomic E-state index is 12.4. The SMILES string of the molecule is CCN(CC)C(=O)OCCc1c(Cl)ccc(C(=CC(=O)O)C(=O)N(C)C)c1Cl. The number of aliphatic carboxylic acids is 1. The number of carbonyl (C=O) groups is 3. The summed E-state index contributed by atoms with van der Waals surface area (Å²) in [4.78, 5) is 38.3. The highest BCUT2D eigenvalue weighted by atomic mass is 35.5. The van der Waals surface area contributed by atoms with Crippen molar-refractivity contribution in [2.75, 3.05) is 33.8 Å². The Balaban J connectivity index is 3.15. The Morgan fingerprint density at radius 2 is 1.75 bits per heavy atom. The second kappa shape index (κ2) is 10.9. The van der Waals surface area contributed by atoms with Crippen LogP contribution in [-0.4, -0.2) is 66.7 Å². The van der Waals surface area contributed by atoms with Crippen LogP contribution in [-0.2, 0) is 20.7 Å². The van der Waals surface area contributed by atoms with Gasteiger partial charge in [0.2, 0.25) is 0 Å². The highest BCUT2D eigenvalue weighted by Crippen LogP contribution is 2.33. The van der Waals surface area contributed by atoms with Gasteiger partial charge in [-0.2, -0.15) is 0 Å². The van der Waals surface area contributed by atoms with Crippen molar-refractivity contribution in [3.8, 4) is 0 Å². The summed E-state index contributed by atoms with van der Waals surface area (Å²) in [5.74, 6) is -1.78. The standard InChI is InChI=1S/C19H24Cl2N2O5/c1-5-23(6-2)19(27)28-10-9-13-15(20)8-7-12(17(13)21)14(11-16(24)25)18(26)22(3)4/h7-8,11H,5-6,9-10H2,1-4H3,(H,24,25). The van der Waals surface area contributed by atoms with E-state index >= 15 is 0 Å². The van der Waals surface area contributed by atoms with Crippen LogP contribution < -0.4 is 0 Å². The molecule has 0 unspecified atom stereocenters. The average molecular weight is 431 g/mol. The third-order valence-corrected chi connectivity index (χ3v) is 4.77. The van der Waals surface area contributed by atoms with Crippen LogP contribution in [0.5, 0.6) is 0 Å². The van der Waals surface area contributed by atoms with Crippen molar-refractivity contribution in [2.45, 2.75) is 20.3 Å². The number of carboxylic acids is 1. The molecule has 1 aromatic carbocycles. The Kier molecular flexibility index (Phi) is 9.28. The summed E-state index contributed by atoms with van der Waals surface area (Å²) in [7, 11) is 3.02. The van der Waals surface area contributed by atoms with Gasteiger partial charge in [-0.15, -0.1) is 0 Å². The van der Waals surface area contributed by atoms with E-state index in [4.69, 9.17) is 33.0 Å². The molecular weight excluding hydrogens is 407 g/mol. The Hall–Kier alpha value is -2.25. The minimum absolute atomic E-state index is 0.0395. The van der Waals surface area contributed by atoms with Crippen molar-refractivity contribution in [3.63, 3.8) is 0 Å². The van der Waals surface area contributed by atoms with E-state index in [0.29, 0.717) is 23.7 Å². The van der Waals surface area contributed by atoms with E-state index in [1.807, 2.05) is 13.8 Å². The lowest BCUT2D eigenvalue weighted by molar-refractivity contribution is -0.131. The van der Waals surface area contributed by atoms with Gasteiger partial charge in [0.15, 0.2) is 0 Å². The maximum Gasteiger partial charge on any atom is 0.409 e. The van der Waals surface area contributed by atoms with E-state index in [2.05, 4.69) is 0 Å². The van der Waals surface area contributed by atoms with Gasteiger partial charge < -0.3 is 19.6 Å². The molecule has 28 heavy (non-hydrogen) atoms. The molecule has 2 amide bonds. The van der Waals surface area contributed by atoms with Crippen LogP contribution in [0.15, 0.2) is 18.2 Å². The van der Waals surface area contributed by atoms with Gasteiger partial charge in [0.25, 0.3) is 5.91 Å². The van der Waals surface area contributed by atoms with Crippen LogP contribution in [0.1, 0.15) is 25.0 Å². The molecule has 0 atom stereocenters. The molecule has 1 aromatic rings. The summed E-state index contributed by atoms with van der Waals surface area (Å²) in [6, 6.07) is 3.02. The minimum atomic E-state index is -1.27. The van der Waals surface area contributed by atoms with Crippen LogP contribution >= 0.6 is 23.2 Å². The zero-order chi connectivity index (χ0) is 21.4. The average Bonchev–Trinajstić information content (AvgIpc) is 2.63. The van der Waals surface area contributed by atoms with Gasteiger partial charge in [-0.1, -0.05) is 29.3 Å². The van der Waals surface area contributed by atoms with E-state index in [1.165, 1.54) is 36.0 Å². The van der Waals surface area contributed by atoms with Crippen LogP contribution in [0.2, 0.25) is 10.0 Å². The number of hydrogen-bond acceptors (Lipinski definition) is 4. The van der Waals surface area contributed by atoms with Crippen LogP contribution in [0, 0.1) is 0 Å². The van der Waals surface area contributed by atoms with Crippen LogP contribution in [0.4, 0.5) is 4.79 Å². The second-order valence-electron chi connectivity index (χ2n) is 6.02. The van der Waals surface area contributed by atoms with Crippen molar-refractivity contribution in [1.82, 2.24) is 9.80 Å².